The molecule has 6 heteroatoms. The second kappa shape index (κ2) is 9.46. The highest BCUT2D eigenvalue weighted by molar-refractivity contribution is 6.40. The maximum absolute atomic E-state index is 13.4. The molecule has 1 N–H and O–H groups in total. The molecule has 1 aliphatic heterocycles. The molecule has 1 aliphatic rings. The smallest absolute Gasteiger partial charge is 0.316 e. The number of nitrogens with one attached hydrogen (secondary N) is 1. The Morgan fingerprint density at radius 1 is 1.14 bits per heavy atom. The van der Waals surface area contributed by atoms with Crippen molar-refractivity contribution in [1.82, 2.24) is 10.2 Å². The van der Waals surface area contributed by atoms with Gasteiger partial charge in [0.25, 0.3) is 0 Å². The first-order valence-electron chi connectivity index (χ1n) is 9.73. The zero-order chi connectivity index (χ0) is 19.9. The van der Waals surface area contributed by atoms with E-state index in [1.54, 1.807) is 13.0 Å². The van der Waals surface area contributed by atoms with Crippen LogP contribution in [0.1, 0.15) is 24.5 Å². The van der Waals surface area contributed by atoms with Gasteiger partial charge in [-0.2, -0.15) is 0 Å². The fourth-order valence-electron chi connectivity index (χ4n) is 3.54. The Labute approximate surface area is 165 Å². The van der Waals surface area contributed by atoms with Gasteiger partial charge >= 0.3 is 11.8 Å². The molecule has 0 saturated heterocycles. The SMILES string of the molecule is CCN(C(=O)C(=O)NCCCN1CCc2ccccc2C1)c1cccc(F)c1. The third-order valence-electron chi connectivity index (χ3n) is 5.02. The van der Waals surface area contributed by atoms with Gasteiger partial charge in [-0.1, -0.05) is 30.3 Å². The Hall–Kier alpha value is -2.73. The number of amides is 2. The van der Waals surface area contributed by atoms with Crippen LogP contribution in [0.2, 0.25) is 0 Å². The summed E-state index contributed by atoms with van der Waals surface area (Å²) in [6.45, 7) is 5.28. The van der Waals surface area contributed by atoms with E-state index in [1.165, 1.54) is 34.2 Å². The van der Waals surface area contributed by atoms with Crippen LogP contribution >= 0.6 is 0 Å². The summed E-state index contributed by atoms with van der Waals surface area (Å²) in [4.78, 5) is 28.2. The molecule has 1 heterocycles. The van der Waals surface area contributed by atoms with E-state index in [4.69, 9.17) is 0 Å². The summed E-state index contributed by atoms with van der Waals surface area (Å²) in [7, 11) is 0. The van der Waals surface area contributed by atoms with E-state index in [2.05, 4.69) is 34.5 Å². The third kappa shape index (κ3) is 4.95. The molecule has 28 heavy (non-hydrogen) atoms. The van der Waals surface area contributed by atoms with Gasteiger partial charge in [0.05, 0.1) is 0 Å². The number of nitrogens with zero attached hydrogens (tertiary/aromatic N) is 2. The second-order valence-corrected chi connectivity index (χ2v) is 6.93. The van der Waals surface area contributed by atoms with E-state index in [-0.39, 0.29) is 0 Å². The predicted molar refractivity (Wildman–Crippen MR) is 107 cm³/mol. The van der Waals surface area contributed by atoms with Crippen molar-refractivity contribution < 1.29 is 14.0 Å². The zero-order valence-electron chi connectivity index (χ0n) is 16.2. The summed E-state index contributed by atoms with van der Waals surface area (Å²) in [5.74, 6) is -1.76. The molecule has 2 aromatic rings. The molecule has 0 fully saturated rings. The van der Waals surface area contributed by atoms with Crippen LogP contribution in [-0.4, -0.2) is 42.9 Å². The number of rotatable bonds is 6. The number of fused-ring (bicyclic) bond motifs is 1. The summed E-state index contributed by atoms with van der Waals surface area (Å²) >= 11 is 0. The van der Waals surface area contributed by atoms with Crippen molar-refractivity contribution in [2.45, 2.75) is 26.3 Å². The summed E-state index contributed by atoms with van der Waals surface area (Å²) in [6.07, 6.45) is 1.81. The Bertz CT molecular complexity index is 840. The van der Waals surface area contributed by atoms with E-state index in [0.29, 0.717) is 18.8 Å². The number of carbonyl (C=O) groups excluding carboxylic acids is 2. The van der Waals surface area contributed by atoms with Gasteiger partial charge in [0, 0.05) is 38.4 Å². The second-order valence-electron chi connectivity index (χ2n) is 6.93. The van der Waals surface area contributed by atoms with E-state index in [0.717, 1.165) is 32.5 Å². The average molecular weight is 383 g/mol. The van der Waals surface area contributed by atoms with Gasteiger partial charge in [0.1, 0.15) is 5.82 Å². The number of benzene rings is 2. The maximum atomic E-state index is 13.4. The fraction of sp³-hybridized carbons (Fsp3) is 0.364. The lowest BCUT2D eigenvalue weighted by molar-refractivity contribution is -0.137. The van der Waals surface area contributed by atoms with Crippen LogP contribution in [0, 0.1) is 5.82 Å². The number of anilines is 1. The number of likely N-dealkylation sites (N-methyl/N-ethyl adjacent to an activating group) is 1. The lowest BCUT2D eigenvalue weighted by Crippen LogP contribution is -2.44. The molecule has 0 aromatic heterocycles. The molecule has 0 bridgehead atoms. The van der Waals surface area contributed by atoms with Crippen LogP contribution in [-0.2, 0) is 22.6 Å². The maximum Gasteiger partial charge on any atom is 0.316 e. The molecule has 0 aliphatic carbocycles. The molecule has 5 nitrogen and oxygen atoms in total. The van der Waals surface area contributed by atoms with Crippen molar-refractivity contribution in [1.29, 1.82) is 0 Å². The zero-order valence-corrected chi connectivity index (χ0v) is 16.2. The fourth-order valence-corrected chi connectivity index (χ4v) is 3.54. The predicted octanol–water partition coefficient (Wildman–Crippen LogP) is 2.74. The number of carbonyl (C=O) groups is 2. The average Bonchev–Trinajstić information content (AvgIpc) is 2.71. The Morgan fingerprint density at radius 2 is 1.93 bits per heavy atom. The molecule has 0 atom stereocenters. The molecule has 3 rings (SSSR count). The highest BCUT2D eigenvalue weighted by Gasteiger charge is 2.22. The standard InChI is InChI=1S/C22H26FN3O2/c1-2-26(20-10-5-9-19(23)15-20)22(28)21(27)24-12-6-13-25-14-11-17-7-3-4-8-18(17)16-25/h3-5,7-10,15H,2,6,11-14,16H2,1H3,(H,24,27). The molecular weight excluding hydrogens is 357 g/mol. The minimum atomic E-state index is -0.667. The third-order valence-corrected chi connectivity index (χ3v) is 5.02. The van der Waals surface area contributed by atoms with Gasteiger partial charge in [-0.3, -0.25) is 14.5 Å². The molecule has 2 amide bonds. The largest absolute Gasteiger partial charge is 0.348 e. The summed E-state index contributed by atoms with van der Waals surface area (Å²) in [5, 5.41) is 2.69. The minimum Gasteiger partial charge on any atom is -0.348 e. The monoisotopic (exact) mass is 383 g/mol. The van der Waals surface area contributed by atoms with Crippen LogP contribution in [0.25, 0.3) is 0 Å². The van der Waals surface area contributed by atoms with Gasteiger partial charge in [-0.05, 0) is 49.1 Å². The van der Waals surface area contributed by atoms with Gasteiger partial charge < -0.3 is 10.2 Å². The lowest BCUT2D eigenvalue weighted by Gasteiger charge is -2.28. The van der Waals surface area contributed by atoms with E-state index < -0.39 is 17.6 Å². The number of halogens is 1. The Balaban J connectivity index is 1.44. The highest BCUT2D eigenvalue weighted by atomic mass is 19.1. The van der Waals surface area contributed by atoms with Gasteiger partial charge in [0.15, 0.2) is 0 Å². The van der Waals surface area contributed by atoms with E-state index in [1.807, 2.05) is 0 Å². The van der Waals surface area contributed by atoms with Crippen LogP contribution in [0.5, 0.6) is 0 Å². The number of hydrogen-bond donors (Lipinski definition) is 1. The molecule has 0 spiro atoms. The first kappa shape index (κ1) is 20.0. The Kier molecular flexibility index (Phi) is 6.76. The quantitative estimate of drug-likeness (QED) is 0.616. The van der Waals surface area contributed by atoms with Crippen molar-refractivity contribution >= 4 is 17.5 Å². The summed E-state index contributed by atoms with van der Waals surface area (Å²) in [5.41, 5.74) is 3.16. The van der Waals surface area contributed by atoms with Crippen molar-refractivity contribution in [3.8, 4) is 0 Å². The van der Waals surface area contributed by atoms with Crippen LogP contribution in [0.15, 0.2) is 48.5 Å². The number of hydrogen-bond acceptors (Lipinski definition) is 3. The van der Waals surface area contributed by atoms with Crippen molar-refractivity contribution in [3.63, 3.8) is 0 Å². The molecule has 0 unspecified atom stereocenters. The van der Waals surface area contributed by atoms with Gasteiger partial charge in [-0.15, -0.1) is 0 Å². The minimum absolute atomic E-state index is 0.295. The van der Waals surface area contributed by atoms with E-state index in [9.17, 15) is 14.0 Å². The summed E-state index contributed by atoms with van der Waals surface area (Å²) in [6, 6.07) is 14.2. The van der Waals surface area contributed by atoms with Crippen LogP contribution in [0.4, 0.5) is 10.1 Å². The normalized spacial score (nSPS) is 13.6. The van der Waals surface area contributed by atoms with Crippen LogP contribution < -0.4 is 10.2 Å². The van der Waals surface area contributed by atoms with Crippen LogP contribution in [0.3, 0.4) is 0 Å². The molecule has 2 aromatic carbocycles. The lowest BCUT2D eigenvalue weighted by atomic mass is 10.00. The van der Waals surface area contributed by atoms with E-state index >= 15 is 0 Å². The topological polar surface area (TPSA) is 52.7 Å². The van der Waals surface area contributed by atoms with Crippen molar-refractivity contribution in [2.24, 2.45) is 0 Å². The molecule has 148 valence electrons. The molecule has 0 saturated carbocycles. The van der Waals surface area contributed by atoms with Gasteiger partial charge in [-0.25, -0.2) is 4.39 Å². The first-order chi connectivity index (χ1) is 13.6. The van der Waals surface area contributed by atoms with Crippen molar-refractivity contribution in [3.05, 3.63) is 65.5 Å². The molecular formula is C22H26FN3O2. The van der Waals surface area contributed by atoms with Crippen molar-refractivity contribution in [2.75, 3.05) is 31.1 Å². The first-order valence-corrected chi connectivity index (χ1v) is 9.73. The summed E-state index contributed by atoms with van der Waals surface area (Å²) < 4.78 is 13.4. The molecule has 0 radical (unpaired) electrons. The highest BCUT2D eigenvalue weighted by Crippen LogP contribution is 2.18. The Morgan fingerprint density at radius 3 is 2.68 bits per heavy atom. The van der Waals surface area contributed by atoms with Gasteiger partial charge in [0.2, 0.25) is 0 Å².